The van der Waals surface area contributed by atoms with Crippen LogP contribution in [-0.4, -0.2) is 14.8 Å². The summed E-state index contributed by atoms with van der Waals surface area (Å²) in [5.41, 5.74) is 5.42. The molecule has 1 N–H and O–H groups in total. The number of hydrogen-bond donors (Lipinski definition) is 1. The molecule has 4 nitrogen and oxygen atoms in total. The number of rotatable bonds is 3. The van der Waals surface area contributed by atoms with Crippen molar-refractivity contribution in [3.8, 4) is 0 Å². The van der Waals surface area contributed by atoms with Gasteiger partial charge < -0.3 is 5.32 Å². The van der Waals surface area contributed by atoms with Gasteiger partial charge in [0, 0.05) is 23.5 Å². The number of pyridine rings is 1. The van der Waals surface area contributed by atoms with Crippen LogP contribution in [0.25, 0.3) is 11.0 Å². The quantitative estimate of drug-likeness (QED) is 0.781. The van der Waals surface area contributed by atoms with Gasteiger partial charge in [-0.1, -0.05) is 28.1 Å². The topological polar surface area (TPSA) is 42.7 Å². The van der Waals surface area contributed by atoms with Crippen LogP contribution in [0.1, 0.15) is 16.8 Å². The van der Waals surface area contributed by atoms with Crippen LogP contribution in [0, 0.1) is 13.8 Å². The second-order valence-electron chi connectivity index (χ2n) is 5.24. The number of hydrogen-bond acceptors (Lipinski definition) is 3. The zero-order valence-corrected chi connectivity index (χ0v) is 13.9. The molecule has 2 heterocycles. The largest absolute Gasteiger partial charge is 0.380 e. The van der Waals surface area contributed by atoms with Gasteiger partial charge >= 0.3 is 0 Å². The molecule has 0 amide bonds. The maximum Gasteiger partial charge on any atom is 0.157 e. The minimum Gasteiger partial charge on any atom is -0.380 e. The van der Waals surface area contributed by atoms with E-state index in [-0.39, 0.29) is 0 Å². The first-order valence-electron chi connectivity index (χ1n) is 6.83. The smallest absolute Gasteiger partial charge is 0.157 e. The maximum atomic E-state index is 4.48. The van der Waals surface area contributed by atoms with Gasteiger partial charge in [0.05, 0.1) is 17.6 Å². The molecule has 0 atom stereocenters. The van der Waals surface area contributed by atoms with Gasteiger partial charge in [-0.25, -0.2) is 4.98 Å². The van der Waals surface area contributed by atoms with Crippen molar-refractivity contribution in [2.45, 2.75) is 20.4 Å². The number of nitrogens with zero attached hydrogens (tertiary/aromatic N) is 3. The minimum atomic E-state index is 0.778. The molecule has 3 rings (SSSR count). The molecule has 21 heavy (non-hydrogen) atoms. The first-order valence-corrected chi connectivity index (χ1v) is 7.62. The number of aromatic nitrogens is 3. The third kappa shape index (κ3) is 2.78. The fraction of sp³-hybridized carbons (Fsp3) is 0.250. The van der Waals surface area contributed by atoms with Gasteiger partial charge in [-0.05, 0) is 37.1 Å². The van der Waals surface area contributed by atoms with Crippen LogP contribution < -0.4 is 5.32 Å². The lowest BCUT2D eigenvalue weighted by Crippen LogP contribution is -2.00. The van der Waals surface area contributed by atoms with E-state index >= 15 is 0 Å². The summed E-state index contributed by atoms with van der Waals surface area (Å²) in [5, 5.41) is 8.91. The molecule has 0 aliphatic heterocycles. The van der Waals surface area contributed by atoms with Crippen molar-refractivity contribution in [3.63, 3.8) is 0 Å². The Morgan fingerprint density at radius 2 is 2.05 bits per heavy atom. The lowest BCUT2D eigenvalue weighted by atomic mass is 10.1. The number of fused-ring (bicyclic) bond motifs is 1. The Kier molecular flexibility index (Phi) is 3.68. The second-order valence-corrected chi connectivity index (χ2v) is 6.10. The second kappa shape index (κ2) is 5.48. The van der Waals surface area contributed by atoms with Gasteiger partial charge in [-0.2, -0.15) is 5.10 Å². The summed E-state index contributed by atoms with van der Waals surface area (Å²) in [5.74, 6) is 0. The Morgan fingerprint density at radius 3 is 2.81 bits per heavy atom. The number of nitrogens with one attached hydrogen (secondary N) is 1. The molecule has 2 aromatic heterocycles. The van der Waals surface area contributed by atoms with Gasteiger partial charge in [0.2, 0.25) is 0 Å². The Bertz CT molecular complexity index is 807. The molecule has 5 heteroatoms. The molecular formula is C16H17BrN4. The van der Waals surface area contributed by atoms with E-state index in [1.54, 1.807) is 0 Å². The van der Waals surface area contributed by atoms with E-state index in [2.05, 4.69) is 62.5 Å². The molecular weight excluding hydrogens is 328 g/mol. The predicted octanol–water partition coefficient (Wildman–Crippen LogP) is 3.96. The molecule has 0 aliphatic carbocycles. The highest BCUT2D eigenvalue weighted by atomic mass is 79.9. The summed E-state index contributed by atoms with van der Waals surface area (Å²) in [4.78, 5) is 4.48. The third-order valence-corrected chi connectivity index (χ3v) is 4.47. The van der Waals surface area contributed by atoms with Gasteiger partial charge in [0.1, 0.15) is 0 Å². The van der Waals surface area contributed by atoms with Crippen LogP contribution in [0.5, 0.6) is 0 Å². The summed E-state index contributed by atoms with van der Waals surface area (Å²) < 4.78 is 2.95. The normalized spacial score (nSPS) is 11.0. The zero-order valence-electron chi connectivity index (χ0n) is 12.3. The van der Waals surface area contributed by atoms with Gasteiger partial charge in [-0.3, -0.25) is 4.68 Å². The van der Waals surface area contributed by atoms with Crippen LogP contribution in [0.3, 0.4) is 0 Å². The van der Waals surface area contributed by atoms with Crippen molar-refractivity contribution in [2.24, 2.45) is 7.05 Å². The van der Waals surface area contributed by atoms with Crippen LogP contribution in [0.4, 0.5) is 5.69 Å². The fourth-order valence-electron chi connectivity index (χ4n) is 2.43. The Morgan fingerprint density at radius 1 is 1.24 bits per heavy atom. The first-order chi connectivity index (χ1) is 10.0. The SMILES string of the molecule is Cc1cc(CNc2cnc3c(c2)c(C)nn3C)ccc1Br. The van der Waals surface area contributed by atoms with Crippen molar-refractivity contribution in [1.29, 1.82) is 0 Å². The van der Waals surface area contributed by atoms with E-state index in [1.807, 2.05) is 24.9 Å². The summed E-state index contributed by atoms with van der Waals surface area (Å²) in [6.45, 7) is 4.88. The van der Waals surface area contributed by atoms with Crippen molar-refractivity contribution in [1.82, 2.24) is 14.8 Å². The molecule has 0 spiro atoms. The minimum absolute atomic E-state index is 0.778. The molecule has 0 aliphatic rings. The summed E-state index contributed by atoms with van der Waals surface area (Å²) >= 11 is 3.52. The van der Waals surface area contributed by atoms with E-state index in [9.17, 15) is 0 Å². The highest BCUT2D eigenvalue weighted by Crippen LogP contribution is 2.21. The summed E-state index contributed by atoms with van der Waals surface area (Å²) in [6.07, 6.45) is 1.86. The van der Waals surface area contributed by atoms with E-state index < -0.39 is 0 Å². The third-order valence-electron chi connectivity index (χ3n) is 3.58. The van der Waals surface area contributed by atoms with Crippen LogP contribution in [0.15, 0.2) is 34.9 Å². The molecule has 0 saturated heterocycles. The predicted molar refractivity (Wildman–Crippen MR) is 89.5 cm³/mol. The van der Waals surface area contributed by atoms with Crippen molar-refractivity contribution >= 4 is 32.7 Å². The average molecular weight is 345 g/mol. The standard InChI is InChI=1S/C16H17BrN4/c1-10-6-12(4-5-15(10)17)8-18-13-7-14-11(2)20-21(3)16(14)19-9-13/h4-7,9,18H,8H2,1-3H3. The molecule has 0 radical (unpaired) electrons. The monoisotopic (exact) mass is 344 g/mol. The average Bonchev–Trinajstić information content (AvgIpc) is 2.75. The maximum absolute atomic E-state index is 4.48. The Labute approximate surface area is 132 Å². The van der Waals surface area contributed by atoms with Crippen molar-refractivity contribution in [3.05, 3.63) is 51.8 Å². The number of benzene rings is 1. The van der Waals surface area contributed by atoms with Gasteiger partial charge in [0.25, 0.3) is 0 Å². The number of aryl methyl sites for hydroxylation is 3. The van der Waals surface area contributed by atoms with E-state index in [0.29, 0.717) is 0 Å². The van der Waals surface area contributed by atoms with Crippen LogP contribution >= 0.6 is 15.9 Å². The molecule has 0 saturated carbocycles. The molecule has 108 valence electrons. The first kappa shape index (κ1) is 14.1. The zero-order chi connectivity index (χ0) is 15.0. The highest BCUT2D eigenvalue weighted by molar-refractivity contribution is 9.10. The van der Waals surface area contributed by atoms with Crippen molar-refractivity contribution < 1.29 is 0 Å². The highest BCUT2D eigenvalue weighted by Gasteiger charge is 2.07. The number of anilines is 1. The molecule has 0 unspecified atom stereocenters. The van der Waals surface area contributed by atoms with Crippen LogP contribution in [0.2, 0.25) is 0 Å². The van der Waals surface area contributed by atoms with E-state index in [4.69, 9.17) is 0 Å². The van der Waals surface area contributed by atoms with E-state index in [1.165, 1.54) is 11.1 Å². The Balaban J connectivity index is 1.81. The van der Waals surface area contributed by atoms with E-state index in [0.717, 1.165) is 33.4 Å². The molecule has 1 aromatic carbocycles. The molecule has 0 bridgehead atoms. The van der Waals surface area contributed by atoms with Crippen LogP contribution in [-0.2, 0) is 13.6 Å². The lowest BCUT2D eigenvalue weighted by molar-refractivity contribution is 0.774. The number of halogens is 1. The molecule has 3 aromatic rings. The van der Waals surface area contributed by atoms with Crippen molar-refractivity contribution in [2.75, 3.05) is 5.32 Å². The summed E-state index contributed by atoms with van der Waals surface area (Å²) in [6, 6.07) is 8.49. The van der Waals surface area contributed by atoms with Gasteiger partial charge in [-0.15, -0.1) is 0 Å². The fourth-order valence-corrected chi connectivity index (χ4v) is 2.67. The summed E-state index contributed by atoms with van der Waals surface area (Å²) in [7, 11) is 1.92. The molecule has 0 fully saturated rings. The Hall–Kier alpha value is -1.88. The lowest BCUT2D eigenvalue weighted by Gasteiger charge is -2.08. The van der Waals surface area contributed by atoms with Gasteiger partial charge in [0.15, 0.2) is 5.65 Å².